The van der Waals surface area contributed by atoms with E-state index >= 15 is 0 Å². The lowest BCUT2D eigenvalue weighted by Crippen LogP contribution is -2.39. The van der Waals surface area contributed by atoms with Gasteiger partial charge in [-0.2, -0.15) is 0 Å². The molecule has 0 atom stereocenters. The first kappa shape index (κ1) is 24.5. The summed E-state index contributed by atoms with van der Waals surface area (Å²) in [5.41, 5.74) is 2.22. The normalized spacial score (nSPS) is 13.7. The van der Waals surface area contributed by atoms with E-state index in [-0.39, 0.29) is 24.0 Å². The molecule has 0 unspecified atom stereocenters. The third-order valence-corrected chi connectivity index (χ3v) is 6.01. The van der Waals surface area contributed by atoms with Crippen molar-refractivity contribution in [1.29, 1.82) is 0 Å². The lowest BCUT2D eigenvalue weighted by Gasteiger charge is -2.23. The molecule has 0 saturated carbocycles. The van der Waals surface area contributed by atoms with Crippen molar-refractivity contribution < 1.29 is 9.47 Å². The van der Waals surface area contributed by atoms with E-state index in [1.165, 1.54) is 12.8 Å². The average Bonchev–Trinajstić information content (AvgIpc) is 3.43. The van der Waals surface area contributed by atoms with Crippen LogP contribution in [0.3, 0.4) is 0 Å². The predicted octanol–water partition coefficient (Wildman–Crippen LogP) is 3.63. The van der Waals surface area contributed by atoms with E-state index in [0.717, 1.165) is 59.9 Å². The van der Waals surface area contributed by atoms with Gasteiger partial charge in [-0.15, -0.1) is 35.3 Å². The molecule has 30 heavy (non-hydrogen) atoms. The lowest BCUT2D eigenvalue weighted by molar-refractivity contribution is 0.382. The second-order valence-corrected chi connectivity index (χ2v) is 7.91. The van der Waals surface area contributed by atoms with E-state index in [4.69, 9.17) is 14.5 Å². The van der Waals surface area contributed by atoms with Crippen LogP contribution in [0, 0.1) is 0 Å². The number of anilines is 1. The van der Waals surface area contributed by atoms with E-state index < -0.39 is 0 Å². The monoisotopic (exact) mass is 545 g/mol. The van der Waals surface area contributed by atoms with Crippen LogP contribution in [-0.4, -0.2) is 63.8 Å². The highest BCUT2D eigenvalue weighted by atomic mass is 127. The van der Waals surface area contributed by atoms with Gasteiger partial charge in [0.25, 0.3) is 0 Å². The standard InChI is InChI=1S/C21H31N5O2S.HI/c1-22-20(25(2)14-16-7-8-18(27-3)13-19(16)28-4)23-10-9-17-15-29-21(24-17)26-11-5-6-12-26;/h7-8,13,15H,5-6,9-12,14H2,1-4H3,(H,22,23);1H. The first-order chi connectivity index (χ1) is 14.1. The molecule has 3 rings (SSSR count). The van der Waals surface area contributed by atoms with Gasteiger partial charge in [0, 0.05) is 63.7 Å². The van der Waals surface area contributed by atoms with Gasteiger partial charge in [0.05, 0.1) is 19.9 Å². The van der Waals surface area contributed by atoms with E-state index in [2.05, 4.69) is 25.5 Å². The van der Waals surface area contributed by atoms with Crippen LogP contribution in [0.4, 0.5) is 5.13 Å². The highest BCUT2D eigenvalue weighted by Crippen LogP contribution is 2.26. The number of aromatic nitrogens is 1. The topological polar surface area (TPSA) is 62.2 Å². The van der Waals surface area contributed by atoms with Crippen LogP contribution in [-0.2, 0) is 13.0 Å². The Morgan fingerprint density at radius 2 is 2.03 bits per heavy atom. The Hall–Kier alpha value is -1.75. The van der Waals surface area contributed by atoms with Crippen LogP contribution in [0.5, 0.6) is 11.5 Å². The van der Waals surface area contributed by atoms with Gasteiger partial charge in [-0.3, -0.25) is 4.99 Å². The molecule has 2 aromatic rings. The fourth-order valence-electron chi connectivity index (χ4n) is 3.46. The van der Waals surface area contributed by atoms with Crippen molar-refractivity contribution in [3.8, 4) is 11.5 Å². The number of aliphatic imine (C=N–C) groups is 1. The van der Waals surface area contributed by atoms with Crippen LogP contribution < -0.4 is 19.7 Å². The first-order valence-corrected chi connectivity index (χ1v) is 10.8. The van der Waals surface area contributed by atoms with Gasteiger partial charge in [-0.1, -0.05) is 0 Å². The Morgan fingerprint density at radius 1 is 1.27 bits per heavy atom. The van der Waals surface area contributed by atoms with Crippen molar-refractivity contribution in [3.05, 3.63) is 34.8 Å². The third kappa shape index (κ3) is 6.37. The quantitative estimate of drug-likeness (QED) is 0.311. The highest BCUT2D eigenvalue weighted by Gasteiger charge is 2.16. The summed E-state index contributed by atoms with van der Waals surface area (Å²) in [6.45, 7) is 3.75. The van der Waals surface area contributed by atoms with Crippen LogP contribution in [0.15, 0.2) is 28.6 Å². The van der Waals surface area contributed by atoms with Crippen molar-refractivity contribution in [1.82, 2.24) is 15.2 Å². The Kier molecular flexibility index (Phi) is 9.96. The largest absolute Gasteiger partial charge is 0.497 e. The second kappa shape index (κ2) is 12.2. The van der Waals surface area contributed by atoms with E-state index in [0.29, 0.717) is 6.54 Å². The zero-order chi connectivity index (χ0) is 20.6. The molecule has 0 spiro atoms. The molecule has 9 heteroatoms. The summed E-state index contributed by atoms with van der Waals surface area (Å²) in [4.78, 5) is 13.7. The summed E-state index contributed by atoms with van der Waals surface area (Å²) in [5, 5.41) is 6.77. The number of hydrogen-bond acceptors (Lipinski definition) is 6. The number of ether oxygens (including phenoxy) is 2. The summed E-state index contributed by atoms with van der Waals surface area (Å²) in [6, 6.07) is 5.87. The summed E-state index contributed by atoms with van der Waals surface area (Å²) in [5.74, 6) is 2.44. The van der Waals surface area contributed by atoms with Gasteiger partial charge in [0.1, 0.15) is 11.5 Å². The first-order valence-electron chi connectivity index (χ1n) is 9.96. The molecule has 1 N–H and O–H groups in total. The smallest absolute Gasteiger partial charge is 0.193 e. The fourth-order valence-corrected chi connectivity index (χ4v) is 4.38. The summed E-state index contributed by atoms with van der Waals surface area (Å²) >= 11 is 1.75. The predicted molar refractivity (Wildman–Crippen MR) is 135 cm³/mol. The molecule has 1 aromatic heterocycles. The van der Waals surface area contributed by atoms with E-state index in [1.807, 2.05) is 25.2 Å². The van der Waals surface area contributed by atoms with Gasteiger partial charge in [0.2, 0.25) is 0 Å². The van der Waals surface area contributed by atoms with Gasteiger partial charge in [-0.25, -0.2) is 4.98 Å². The number of thiazole rings is 1. The van der Waals surface area contributed by atoms with Gasteiger partial charge < -0.3 is 24.6 Å². The van der Waals surface area contributed by atoms with Gasteiger partial charge >= 0.3 is 0 Å². The zero-order valence-corrected chi connectivity index (χ0v) is 21.3. The van der Waals surface area contributed by atoms with Crippen molar-refractivity contribution >= 4 is 46.4 Å². The minimum atomic E-state index is 0. The molecular formula is C21H32IN5O2S. The molecular weight excluding hydrogens is 513 g/mol. The van der Waals surface area contributed by atoms with Crippen LogP contribution in [0.1, 0.15) is 24.1 Å². The molecule has 0 amide bonds. The Labute approximate surface area is 200 Å². The molecule has 2 heterocycles. The molecule has 0 radical (unpaired) electrons. The van der Waals surface area contributed by atoms with Gasteiger partial charge in [-0.05, 0) is 25.0 Å². The van der Waals surface area contributed by atoms with Crippen LogP contribution >= 0.6 is 35.3 Å². The third-order valence-electron chi connectivity index (χ3n) is 5.06. The Morgan fingerprint density at radius 3 is 2.70 bits per heavy atom. The van der Waals surface area contributed by atoms with Crippen molar-refractivity contribution in [2.45, 2.75) is 25.8 Å². The summed E-state index contributed by atoms with van der Waals surface area (Å²) in [7, 11) is 7.16. The molecule has 0 bridgehead atoms. The summed E-state index contributed by atoms with van der Waals surface area (Å²) < 4.78 is 10.8. The van der Waals surface area contributed by atoms with Crippen molar-refractivity contribution in [2.24, 2.45) is 4.99 Å². The lowest BCUT2D eigenvalue weighted by atomic mass is 10.2. The number of nitrogens with zero attached hydrogens (tertiary/aromatic N) is 4. The molecule has 7 nitrogen and oxygen atoms in total. The summed E-state index contributed by atoms with van der Waals surface area (Å²) in [6.07, 6.45) is 3.43. The Balaban J connectivity index is 0.00000320. The second-order valence-electron chi connectivity index (χ2n) is 7.07. The maximum atomic E-state index is 5.51. The van der Waals surface area contributed by atoms with E-state index in [9.17, 15) is 0 Å². The van der Waals surface area contributed by atoms with Crippen LogP contribution in [0.25, 0.3) is 0 Å². The van der Waals surface area contributed by atoms with Crippen molar-refractivity contribution in [3.63, 3.8) is 0 Å². The molecule has 0 aliphatic carbocycles. The minimum Gasteiger partial charge on any atom is -0.497 e. The number of benzene rings is 1. The maximum Gasteiger partial charge on any atom is 0.193 e. The maximum absolute atomic E-state index is 5.51. The number of guanidine groups is 1. The van der Waals surface area contributed by atoms with Crippen molar-refractivity contribution in [2.75, 3.05) is 52.8 Å². The molecule has 1 saturated heterocycles. The highest BCUT2D eigenvalue weighted by molar-refractivity contribution is 14.0. The SMILES string of the molecule is CN=C(NCCc1csc(N2CCCC2)n1)N(C)Cc1ccc(OC)cc1OC.I. The molecule has 1 aliphatic heterocycles. The number of rotatable bonds is 8. The zero-order valence-electron chi connectivity index (χ0n) is 18.2. The molecule has 166 valence electrons. The Bertz CT molecular complexity index is 823. The fraction of sp³-hybridized carbons (Fsp3) is 0.524. The van der Waals surface area contributed by atoms with Crippen LogP contribution in [0.2, 0.25) is 0 Å². The minimum absolute atomic E-state index is 0. The number of methoxy groups -OCH3 is 2. The number of halogens is 1. The number of hydrogen-bond donors (Lipinski definition) is 1. The molecule has 1 aliphatic rings. The number of nitrogens with one attached hydrogen (secondary N) is 1. The van der Waals surface area contributed by atoms with E-state index in [1.54, 1.807) is 32.6 Å². The molecule has 1 aromatic carbocycles. The van der Waals surface area contributed by atoms with Gasteiger partial charge in [0.15, 0.2) is 11.1 Å². The molecule has 1 fully saturated rings. The average molecular weight is 545 g/mol.